The number of aromatic nitrogens is 2. The van der Waals surface area contributed by atoms with Gasteiger partial charge in [-0.15, -0.1) is 0 Å². The fourth-order valence-corrected chi connectivity index (χ4v) is 6.32. The minimum absolute atomic E-state index is 0.00898. The fourth-order valence-electron chi connectivity index (χ4n) is 5.34. The van der Waals surface area contributed by atoms with E-state index in [1.165, 1.54) is 5.56 Å². The predicted octanol–water partition coefficient (Wildman–Crippen LogP) is 7.61. The molecule has 224 valence electrons. The van der Waals surface area contributed by atoms with Crippen LogP contribution in [0.5, 0.6) is 17.2 Å². The van der Waals surface area contributed by atoms with Gasteiger partial charge in [0.15, 0.2) is 11.5 Å². The summed E-state index contributed by atoms with van der Waals surface area (Å²) in [5.74, 6) is 2.19. The highest BCUT2D eigenvalue weighted by molar-refractivity contribution is 7.08. The maximum atomic E-state index is 13.0. The van der Waals surface area contributed by atoms with Crippen molar-refractivity contribution in [3.8, 4) is 28.4 Å². The molecule has 1 unspecified atom stereocenters. The second kappa shape index (κ2) is 14.0. The third-order valence-corrected chi connectivity index (χ3v) is 8.75. The number of ether oxygens (including phenoxy) is 3. The van der Waals surface area contributed by atoms with Crippen LogP contribution >= 0.6 is 22.9 Å². The monoisotopic (exact) mass is 617 g/mol. The number of hydrogen-bond donors (Lipinski definition) is 1. The maximum absolute atomic E-state index is 13.0. The summed E-state index contributed by atoms with van der Waals surface area (Å²) in [6.45, 7) is 2.47. The van der Waals surface area contributed by atoms with Crippen LogP contribution in [0.2, 0.25) is 5.02 Å². The minimum atomic E-state index is -0.00898. The average Bonchev–Trinajstić information content (AvgIpc) is 3.69. The highest BCUT2D eigenvalue weighted by atomic mass is 35.5. The molecule has 0 spiro atoms. The summed E-state index contributed by atoms with van der Waals surface area (Å²) in [6, 6.07) is 18.2. The number of carbonyl (C=O) groups is 1. The first kappa shape index (κ1) is 30.4. The van der Waals surface area contributed by atoms with Crippen LogP contribution in [0.4, 0.5) is 0 Å². The van der Waals surface area contributed by atoms with E-state index in [1.54, 1.807) is 32.7 Å². The van der Waals surface area contributed by atoms with Crippen molar-refractivity contribution in [2.24, 2.45) is 5.92 Å². The van der Waals surface area contributed by atoms with Gasteiger partial charge in [-0.3, -0.25) is 4.79 Å². The number of benzene rings is 2. The van der Waals surface area contributed by atoms with Crippen molar-refractivity contribution in [2.75, 3.05) is 21.3 Å². The number of nitrogens with one attached hydrogen (secondary N) is 1. The van der Waals surface area contributed by atoms with Gasteiger partial charge in [-0.25, -0.2) is 4.98 Å². The summed E-state index contributed by atoms with van der Waals surface area (Å²) in [4.78, 5) is 17.8. The van der Waals surface area contributed by atoms with Crippen molar-refractivity contribution in [3.63, 3.8) is 0 Å². The SMILES string of the molecule is COc1ccc(-c2ccsc2)cc1Cc1c(CNC(=O)CCC(C)Cc2ccc(OC)c(OC)c2Cl)nc2ccccn12. The molecule has 0 fully saturated rings. The zero-order chi connectivity index (χ0) is 30.3. The van der Waals surface area contributed by atoms with Crippen molar-refractivity contribution < 1.29 is 19.0 Å². The molecule has 3 aromatic heterocycles. The van der Waals surface area contributed by atoms with Crippen LogP contribution in [0.3, 0.4) is 0 Å². The molecule has 43 heavy (non-hydrogen) atoms. The molecule has 2 aromatic carbocycles. The van der Waals surface area contributed by atoms with Crippen LogP contribution in [-0.2, 0) is 24.2 Å². The van der Waals surface area contributed by atoms with E-state index in [1.807, 2.05) is 42.6 Å². The van der Waals surface area contributed by atoms with Crippen LogP contribution in [0.1, 0.15) is 42.3 Å². The molecule has 7 nitrogen and oxygen atoms in total. The van der Waals surface area contributed by atoms with Crippen molar-refractivity contribution in [1.82, 2.24) is 14.7 Å². The van der Waals surface area contributed by atoms with Gasteiger partial charge < -0.3 is 23.9 Å². The lowest BCUT2D eigenvalue weighted by molar-refractivity contribution is -0.121. The molecule has 9 heteroatoms. The Balaban J connectivity index is 1.26. The largest absolute Gasteiger partial charge is 0.496 e. The summed E-state index contributed by atoms with van der Waals surface area (Å²) < 4.78 is 18.6. The van der Waals surface area contributed by atoms with Crippen LogP contribution in [0.25, 0.3) is 16.8 Å². The second-order valence-corrected chi connectivity index (χ2v) is 11.7. The molecule has 0 saturated heterocycles. The Bertz CT molecular complexity index is 1700. The molecular formula is C34H36ClN3O4S. The fraction of sp³-hybridized carbons (Fsp3) is 0.294. The lowest BCUT2D eigenvalue weighted by Gasteiger charge is -2.16. The van der Waals surface area contributed by atoms with Crippen LogP contribution in [-0.4, -0.2) is 36.6 Å². The smallest absolute Gasteiger partial charge is 0.220 e. The van der Waals surface area contributed by atoms with Gasteiger partial charge in [-0.1, -0.05) is 36.7 Å². The number of imidazole rings is 1. The number of methoxy groups -OCH3 is 3. The Morgan fingerprint density at radius 2 is 1.81 bits per heavy atom. The summed E-state index contributed by atoms with van der Waals surface area (Å²) in [5.41, 5.74) is 7.06. The topological polar surface area (TPSA) is 74.1 Å². The van der Waals surface area contributed by atoms with Crippen LogP contribution < -0.4 is 19.5 Å². The second-order valence-electron chi connectivity index (χ2n) is 10.5. The highest BCUT2D eigenvalue weighted by Crippen LogP contribution is 2.38. The Morgan fingerprint density at radius 3 is 2.56 bits per heavy atom. The van der Waals surface area contributed by atoms with Gasteiger partial charge in [0.1, 0.15) is 11.4 Å². The summed E-state index contributed by atoms with van der Waals surface area (Å²) in [6.07, 6.45) is 4.49. The molecule has 5 aromatic rings. The number of halogens is 1. The Labute approximate surface area is 261 Å². The number of rotatable bonds is 13. The van der Waals surface area contributed by atoms with E-state index in [0.717, 1.165) is 52.3 Å². The van der Waals surface area contributed by atoms with Gasteiger partial charge in [-0.05, 0) is 82.6 Å². The molecule has 1 N–H and O–H groups in total. The zero-order valence-corrected chi connectivity index (χ0v) is 26.4. The van der Waals surface area contributed by atoms with Gasteiger partial charge in [0.05, 0.1) is 44.3 Å². The Kier molecular flexibility index (Phi) is 9.89. The Morgan fingerprint density at radius 1 is 1.00 bits per heavy atom. The first-order valence-corrected chi connectivity index (χ1v) is 15.5. The van der Waals surface area contributed by atoms with E-state index in [9.17, 15) is 4.79 Å². The first-order valence-electron chi connectivity index (χ1n) is 14.2. The van der Waals surface area contributed by atoms with Gasteiger partial charge in [-0.2, -0.15) is 11.3 Å². The molecule has 0 aliphatic heterocycles. The number of nitrogens with zero attached hydrogens (tertiary/aromatic N) is 2. The third-order valence-electron chi connectivity index (χ3n) is 7.66. The molecule has 0 bridgehead atoms. The number of amides is 1. The molecule has 1 amide bonds. The number of hydrogen-bond acceptors (Lipinski definition) is 6. The van der Waals surface area contributed by atoms with Crippen molar-refractivity contribution >= 4 is 34.5 Å². The number of fused-ring (bicyclic) bond motifs is 1. The van der Waals surface area contributed by atoms with E-state index >= 15 is 0 Å². The molecule has 0 aliphatic carbocycles. The number of pyridine rings is 1. The summed E-state index contributed by atoms with van der Waals surface area (Å²) >= 11 is 8.25. The third kappa shape index (κ3) is 6.98. The average molecular weight is 618 g/mol. The summed E-state index contributed by atoms with van der Waals surface area (Å²) in [7, 11) is 4.86. The molecule has 0 radical (unpaired) electrons. The van der Waals surface area contributed by atoms with Crippen LogP contribution in [0, 0.1) is 5.92 Å². The number of thiophene rings is 1. The van der Waals surface area contributed by atoms with Gasteiger partial charge in [0.2, 0.25) is 5.91 Å². The van der Waals surface area contributed by atoms with E-state index < -0.39 is 0 Å². The van der Waals surface area contributed by atoms with Crippen molar-refractivity contribution in [3.05, 3.63) is 99.1 Å². The Hall–Kier alpha value is -4.01. The standard InChI is InChI=1S/C34H36ClN3O4S/c1-22(17-24-10-12-30(41-3)34(42-4)33(24)35)8-13-32(39)36-20-27-28(38-15-6-5-7-31(38)37-27)19-26-18-23(9-11-29(26)40-2)25-14-16-43-21-25/h5-7,9-12,14-16,18,21-22H,8,13,17,19-20H2,1-4H3,(H,36,39). The molecule has 0 aliphatic rings. The maximum Gasteiger partial charge on any atom is 0.220 e. The minimum Gasteiger partial charge on any atom is -0.496 e. The quantitative estimate of drug-likeness (QED) is 0.147. The van der Waals surface area contributed by atoms with Crippen molar-refractivity contribution in [1.29, 1.82) is 0 Å². The van der Waals surface area contributed by atoms with E-state index in [2.05, 4.69) is 45.6 Å². The molecule has 0 saturated carbocycles. The molecule has 1 atom stereocenters. The number of carbonyl (C=O) groups excluding carboxylic acids is 1. The predicted molar refractivity (Wildman–Crippen MR) is 173 cm³/mol. The first-order chi connectivity index (χ1) is 20.9. The van der Waals surface area contributed by atoms with E-state index in [-0.39, 0.29) is 11.8 Å². The summed E-state index contributed by atoms with van der Waals surface area (Å²) in [5, 5.41) is 7.88. The molecule has 5 rings (SSSR count). The van der Waals surface area contributed by atoms with Crippen LogP contribution in [0.15, 0.2) is 71.6 Å². The zero-order valence-electron chi connectivity index (χ0n) is 24.9. The van der Waals surface area contributed by atoms with E-state index in [0.29, 0.717) is 35.9 Å². The van der Waals surface area contributed by atoms with E-state index in [4.69, 9.17) is 30.8 Å². The highest BCUT2D eigenvalue weighted by Gasteiger charge is 2.18. The van der Waals surface area contributed by atoms with Gasteiger partial charge in [0, 0.05) is 24.6 Å². The molecule has 3 heterocycles. The molecular weight excluding hydrogens is 582 g/mol. The van der Waals surface area contributed by atoms with Gasteiger partial charge >= 0.3 is 0 Å². The lowest BCUT2D eigenvalue weighted by atomic mass is 9.96. The van der Waals surface area contributed by atoms with Crippen molar-refractivity contribution in [2.45, 2.75) is 39.2 Å². The van der Waals surface area contributed by atoms with Gasteiger partial charge in [0.25, 0.3) is 0 Å². The lowest BCUT2D eigenvalue weighted by Crippen LogP contribution is -2.24. The normalized spacial score (nSPS) is 11.8.